The summed E-state index contributed by atoms with van der Waals surface area (Å²) in [6, 6.07) is 5.97. The van der Waals surface area contributed by atoms with Gasteiger partial charge in [0, 0.05) is 16.8 Å². The summed E-state index contributed by atoms with van der Waals surface area (Å²) in [6.07, 6.45) is 3.41. The lowest BCUT2D eigenvalue weighted by atomic mass is 10.1. The number of benzene rings is 1. The van der Waals surface area contributed by atoms with Crippen LogP contribution in [0.5, 0.6) is 0 Å². The molecule has 4 nitrogen and oxygen atoms in total. The van der Waals surface area contributed by atoms with Gasteiger partial charge in [0.1, 0.15) is 0 Å². The molecule has 4 heteroatoms. The molecule has 1 aromatic carbocycles. The van der Waals surface area contributed by atoms with Gasteiger partial charge in [0.15, 0.2) is 5.82 Å². The van der Waals surface area contributed by atoms with Crippen LogP contribution in [0.4, 0.5) is 5.82 Å². The van der Waals surface area contributed by atoms with E-state index in [-0.39, 0.29) is 5.91 Å². The maximum absolute atomic E-state index is 12.2. The van der Waals surface area contributed by atoms with E-state index in [1.54, 1.807) is 0 Å². The number of anilines is 1. The molecule has 0 bridgehead atoms. The lowest BCUT2D eigenvalue weighted by molar-refractivity contribution is 0.102. The Morgan fingerprint density at radius 2 is 2.05 bits per heavy atom. The van der Waals surface area contributed by atoms with Gasteiger partial charge in [0.2, 0.25) is 0 Å². The Morgan fingerprint density at radius 3 is 2.79 bits per heavy atom. The number of amides is 1. The van der Waals surface area contributed by atoms with Gasteiger partial charge in [-0.15, -0.1) is 0 Å². The highest BCUT2D eigenvalue weighted by molar-refractivity contribution is 6.04. The molecule has 2 N–H and O–H groups in total. The van der Waals surface area contributed by atoms with Crippen molar-refractivity contribution in [3.05, 3.63) is 46.1 Å². The summed E-state index contributed by atoms with van der Waals surface area (Å²) >= 11 is 0. The summed E-state index contributed by atoms with van der Waals surface area (Å²) < 4.78 is 0. The van der Waals surface area contributed by atoms with Crippen molar-refractivity contribution in [1.82, 2.24) is 10.2 Å². The molecule has 0 atom stereocenters. The number of aromatic amines is 1. The number of carbonyl (C=O) groups is 1. The quantitative estimate of drug-likeness (QED) is 0.867. The van der Waals surface area contributed by atoms with Gasteiger partial charge in [-0.1, -0.05) is 6.07 Å². The van der Waals surface area contributed by atoms with Crippen LogP contribution >= 0.6 is 0 Å². The summed E-state index contributed by atoms with van der Waals surface area (Å²) in [5.41, 5.74) is 5.35. The summed E-state index contributed by atoms with van der Waals surface area (Å²) in [6.45, 7) is 3.88. The minimum absolute atomic E-state index is 0.0932. The summed E-state index contributed by atoms with van der Waals surface area (Å²) in [5, 5.41) is 9.82. The maximum atomic E-state index is 12.2. The number of aryl methyl sites for hydroxylation is 3. The monoisotopic (exact) mass is 255 g/mol. The number of carbonyl (C=O) groups excluding carboxylic acids is 1. The number of rotatable bonds is 2. The molecule has 0 saturated heterocycles. The minimum atomic E-state index is -0.0932. The van der Waals surface area contributed by atoms with E-state index in [4.69, 9.17) is 0 Å². The van der Waals surface area contributed by atoms with E-state index in [1.165, 1.54) is 17.5 Å². The highest BCUT2D eigenvalue weighted by Gasteiger charge is 2.15. The molecule has 3 rings (SSSR count). The average Bonchev–Trinajstić information content (AvgIpc) is 2.99. The van der Waals surface area contributed by atoms with E-state index in [0.29, 0.717) is 11.4 Å². The first-order valence-electron chi connectivity index (χ1n) is 6.60. The Morgan fingerprint density at radius 1 is 1.26 bits per heavy atom. The highest BCUT2D eigenvalue weighted by atomic mass is 16.1. The third-order valence-corrected chi connectivity index (χ3v) is 3.85. The van der Waals surface area contributed by atoms with Gasteiger partial charge in [-0.05, 0) is 56.4 Å². The molecular weight excluding hydrogens is 238 g/mol. The zero-order chi connectivity index (χ0) is 13.4. The Labute approximate surface area is 112 Å². The Balaban J connectivity index is 1.83. The van der Waals surface area contributed by atoms with Crippen LogP contribution in [-0.4, -0.2) is 16.1 Å². The van der Waals surface area contributed by atoms with Crippen LogP contribution in [0, 0.1) is 13.8 Å². The van der Waals surface area contributed by atoms with E-state index in [9.17, 15) is 4.79 Å². The summed E-state index contributed by atoms with van der Waals surface area (Å²) in [5.74, 6) is 0.521. The molecule has 0 fully saturated rings. The van der Waals surface area contributed by atoms with Gasteiger partial charge in [-0.3, -0.25) is 9.89 Å². The van der Waals surface area contributed by atoms with Crippen LogP contribution < -0.4 is 5.32 Å². The zero-order valence-corrected chi connectivity index (χ0v) is 11.2. The normalized spacial score (nSPS) is 13.4. The van der Waals surface area contributed by atoms with E-state index in [2.05, 4.69) is 21.6 Å². The number of hydrogen-bond donors (Lipinski definition) is 2. The van der Waals surface area contributed by atoms with Crippen molar-refractivity contribution < 1.29 is 4.79 Å². The Kier molecular flexibility index (Phi) is 2.85. The first-order chi connectivity index (χ1) is 9.15. The third kappa shape index (κ3) is 2.14. The van der Waals surface area contributed by atoms with Gasteiger partial charge in [-0.2, -0.15) is 5.10 Å². The van der Waals surface area contributed by atoms with Crippen molar-refractivity contribution in [2.75, 3.05) is 5.32 Å². The van der Waals surface area contributed by atoms with E-state index in [0.717, 1.165) is 24.1 Å². The number of H-pyrrole nitrogens is 1. The van der Waals surface area contributed by atoms with E-state index in [1.807, 2.05) is 26.0 Å². The van der Waals surface area contributed by atoms with Crippen LogP contribution in [0.15, 0.2) is 18.2 Å². The lowest BCUT2D eigenvalue weighted by Gasteiger charge is -2.05. The second-order valence-electron chi connectivity index (χ2n) is 5.11. The van der Waals surface area contributed by atoms with Gasteiger partial charge >= 0.3 is 0 Å². The molecule has 0 saturated carbocycles. The minimum Gasteiger partial charge on any atom is -0.305 e. The summed E-state index contributed by atoms with van der Waals surface area (Å²) in [7, 11) is 0. The first-order valence-corrected chi connectivity index (χ1v) is 6.60. The Hall–Kier alpha value is -2.10. The van der Waals surface area contributed by atoms with Crippen molar-refractivity contribution in [3.8, 4) is 0 Å². The second kappa shape index (κ2) is 4.53. The van der Waals surface area contributed by atoms with Crippen molar-refractivity contribution in [2.24, 2.45) is 0 Å². The molecule has 2 aromatic rings. The van der Waals surface area contributed by atoms with Crippen LogP contribution in [0.1, 0.15) is 39.2 Å². The fourth-order valence-electron chi connectivity index (χ4n) is 2.50. The highest BCUT2D eigenvalue weighted by Crippen LogP contribution is 2.23. The van der Waals surface area contributed by atoms with E-state index < -0.39 is 0 Å². The molecule has 0 radical (unpaired) electrons. The fraction of sp³-hybridized carbons (Fsp3) is 0.333. The molecule has 1 amide bonds. The lowest BCUT2D eigenvalue weighted by Crippen LogP contribution is -2.13. The average molecular weight is 255 g/mol. The molecule has 98 valence electrons. The predicted molar refractivity (Wildman–Crippen MR) is 74.5 cm³/mol. The first kappa shape index (κ1) is 12.0. The molecular formula is C15H17N3O. The van der Waals surface area contributed by atoms with Crippen LogP contribution in [0.2, 0.25) is 0 Å². The van der Waals surface area contributed by atoms with Gasteiger partial charge in [0.25, 0.3) is 5.91 Å². The van der Waals surface area contributed by atoms with Gasteiger partial charge < -0.3 is 5.32 Å². The molecule has 1 aliphatic rings. The molecule has 19 heavy (non-hydrogen) atoms. The molecule has 1 heterocycles. The maximum Gasteiger partial charge on any atom is 0.256 e. The molecule has 0 unspecified atom stereocenters. The van der Waals surface area contributed by atoms with Crippen molar-refractivity contribution in [1.29, 1.82) is 0 Å². The number of nitrogens with zero attached hydrogens (tertiary/aromatic N) is 1. The molecule has 1 aliphatic carbocycles. The van der Waals surface area contributed by atoms with Crippen LogP contribution in [0.25, 0.3) is 0 Å². The number of nitrogens with one attached hydrogen (secondary N) is 2. The summed E-state index contributed by atoms with van der Waals surface area (Å²) in [4.78, 5) is 12.2. The largest absolute Gasteiger partial charge is 0.305 e. The molecule has 0 aliphatic heterocycles. The SMILES string of the molecule is Cc1[nH]nc(NC(=O)c2ccc3c(c2)CCC3)c1C. The predicted octanol–water partition coefficient (Wildman–Crippen LogP) is 2.77. The Bertz CT molecular complexity index is 643. The van der Waals surface area contributed by atoms with E-state index >= 15 is 0 Å². The van der Waals surface area contributed by atoms with Gasteiger partial charge in [-0.25, -0.2) is 0 Å². The zero-order valence-electron chi connectivity index (χ0n) is 11.2. The smallest absolute Gasteiger partial charge is 0.256 e. The number of fused-ring (bicyclic) bond motifs is 1. The van der Waals surface area contributed by atoms with Crippen LogP contribution in [0.3, 0.4) is 0 Å². The van der Waals surface area contributed by atoms with Crippen molar-refractivity contribution in [3.63, 3.8) is 0 Å². The molecule has 1 aromatic heterocycles. The third-order valence-electron chi connectivity index (χ3n) is 3.85. The fourth-order valence-corrected chi connectivity index (χ4v) is 2.50. The topological polar surface area (TPSA) is 57.8 Å². The standard InChI is InChI=1S/C15H17N3O/c1-9-10(2)17-18-14(9)16-15(19)13-7-6-11-4-3-5-12(11)8-13/h6-8H,3-5H2,1-2H3,(H2,16,17,18,19). The van der Waals surface area contributed by atoms with Crippen molar-refractivity contribution in [2.45, 2.75) is 33.1 Å². The molecule has 0 spiro atoms. The number of aromatic nitrogens is 2. The van der Waals surface area contributed by atoms with Crippen LogP contribution in [-0.2, 0) is 12.8 Å². The van der Waals surface area contributed by atoms with Gasteiger partial charge in [0.05, 0.1) is 0 Å². The number of hydrogen-bond acceptors (Lipinski definition) is 2. The second-order valence-corrected chi connectivity index (χ2v) is 5.11. The van der Waals surface area contributed by atoms with Crippen molar-refractivity contribution >= 4 is 11.7 Å².